The summed E-state index contributed by atoms with van der Waals surface area (Å²) in [5.74, 6) is -0.760. The third-order valence-electron chi connectivity index (χ3n) is 2.87. The minimum absolute atomic E-state index is 0.251. The smallest absolute Gasteiger partial charge is 0.320 e. The highest BCUT2D eigenvalue weighted by molar-refractivity contribution is 5.73. The zero-order chi connectivity index (χ0) is 11.4. The lowest BCUT2D eigenvalue weighted by Crippen LogP contribution is -2.30. The van der Waals surface area contributed by atoms with Gasteiger partial charge in [0.1, 0.15) is 6.04 Å². The molecule has 0 saturated carbocycles. The maximum Gasteiger partial charge on any atom is 0.320 e. The normalized spacial score (nSPS) is 24.5. The Kier molecular flexibility index (Phi) is 3.54. The first-order valence-electron chi connectivity index (χ1n) is 5.49. The number of carboxylic acids is 1. The first-order valence-corrected chi connectivity index (χ1v) is 5.49. The van der Waals surface area contributed by atoms with Crippen LogP contribution < -0.4 is 10.6 Å². The summed E-state index contributed by atoms with van der Waals surface area (Å²) in [5.41, 5.74) is 1.22. The van der Waals surface area contributed by atoms with E-state index >= 15 is 0 Å². The van der Waals surface area contributed by atoms with Crippen LogP contribution >= 0.6 is 0 Å². The summed E-state index contributed by atoms with van der Waals surface area (Å²) in [6, 6.07) is 9.97. The number of aliphatic carboxylic acids is 1. The molecular formula is C12H16N2O2. The van der Waals surface area contributed by atoms with Crippen molar-refractivity contribution < 1.29 is 9.90 Å². The molecule has 0 aliphatic carbocycles. The molecule has 1 aromatic carbocycles. The van der Waals surface area contributed by atoms with Gasteiger partial charge in [0.25, 0.3) is 0 Å². The van der Waals surface area contributed by atoms with Crippen LogP contribution in [-0.4, -0.2) is 29.7 Å². The van der Waals surface area contributed by atoms with Crippen molar-refractivity contribution in [2.75, 3.05) is 6.54 Å². The molecule has 1 fully saturated rings. The van der Waals surface area contributed by atoms with Crippen molar-refractivity contribution >= 4 is 5.97 Å². The summed E-state index contributed by atoms with van der Waals surface area (Å²) in [6.07, 6.45) is 0.655. The van der Waals surface area contributed by atoms with Gasteiger partial charge in [-0.05, 0) is 12.0 Å². The monoisotopic (exact) mass is 220 g/mol. The number of nitrogens with one attached hydrogen (secondary N) is 2. The first-order chi connectivity index (χ1) is 7.75. The Morgan fingerprint density at radius 3 is 2.81 bits per heavy atom. The third kappa shape index (κ3) is 2.81. The van der Waals surface area contributed by atoms with Gasteiger partial charge in [0.15, 0.2) is 0 Å². The molecule has 0 amide bonds. The number of hydrogen-bond acceptors (Lipinski definition) is 3. The van der Waals surface area contributed by atoms with E-state index in [-0.39, 0.29) is 6.04 Å². The number of carbonyl (C=O) groups is 1. The van der Waals surface area contributed by atoms with Gasteiger partial charge in [-0.1, -0.05) is 30.3 Å². The molecule has 1 aliphatic rings. The van der Waals surface area contributed by atoms with Crippen LogP contribution in [0, 0.1) is 0 Å². The predicted molar refractivity (Wildman–Crippen MR) is 61.1 cm³/mol. The van der Waals surface area contributed by atoms with Crippen LogP contribution in [0.3, 0.4) is 0 Å². The third-order valence-corrected chi connectivity index (χ3v) is 2.87. The summed E-state index contributed by atoms with van der Waals surface area (Å²) in [6.45, 7) is 1.52. The quantitative estimate of drug-likeness (QED) is 0.695. The summed E-state index contributed by atoms with van der Waals surface area (Å²) in [4.78, 5) is 10.7. The fourth-order valence-corrected chi connectivity index (χ4v) is 1.94. The molecule has 4 heteroatoms. The number of benzene rings is 1. The fourth-order valence-electron chi connectivity index (χ4n) is 1.94. The molecule has 0 radical (unpaired) electrons. The largest absolute Gasteiger partial charge is 0.480 e. The van der Waals surface area contributed by atoms with Crippen molar-refractivity contribution in [1.82, 2.24) is 10.6 Å². The maximum atomic E-state index is 10.7. The van der Waals surface area contributed by atoms with Crippen LogP contribution in [-0.2, 0) is 11.3 Å². The van der Waals surface area contributed by atoms with Crippen LogP contribution in [0.25, 0.3) is 0 Å². The van der Waals surface area contributed by atoms with Gasteiger partial charge in [0.05, 0.1) is 0 Å². The van der Waals surface area contributed by atoms with Crippen LogP contribution in [0.1, 0.15) is 12.0 Å². The number of carboxylic acid groups (broad SMARTS) is 1. The van der Waals surface area contributed by atoms with E-state index < -0.39 is 12.0 Å². The molecule has 2 unspecified atom stereocenters. The Morgan fingerprint density at radius 1 is 1.44 bits per heavy atom. The summed E-state index contributed by atoms with van der Waals surface area (Å²) in [7, 11) is 0. The Labute approximate surface area is 94.7 Å². The molecule has 2 atom stereocenters. The summed E-state index contributed by atoms with van der Waals surface area (Å²) < 4.78 is 0. The maximum absolute atomic E-state index is 10.7. The Balaban J connectivity index is 1.78. The van der Waals surface area contributed by atoms with Crippen molar-refractivity contribution in [1.29, 1.82) is 0 Å². The van der Waals surface area contributed by atoms with Crippen molar-refractivity contribution in [3.05, 3.63) is 35.9 Å². The predicted octanol–water partition coefficient (Wildman–Crippen LogP) is 0.591. The molecule has 3 N–H and O–H groups in total. The minimum Gasteiger partial charge on any atom is -0.480 e. The van der Waals surface area contributed by atoms with Gasteiger partial charge >= 0.3 is 5.97 Å². The van der Waals surface area contributed by atoms with E-state index in [9.17, 15) is 4.79 Å². The molecule has 0 aromatic heterocycles. The van der Waals surface area contributed by atoms with E-state index in [4.69, 9.17) is 5.11 Å². The zero-order valence-corrected chi connectivity index (χ0v) is 9.02. The molecule has 86 valence electrons. The minimum atomic E-state index is -0.760. The van der Waals surface area contributed by atoms with Gasteiger partial charge in [0, 0.05) is 19.1 Å². The highest BCUT2D eigenvalue weighted by Gasteiger charge is 2.28. The summed E-state index contributed by atoms with van der Waals surface area (Å²) >= 11 is 0. The van der Waals surface area contributed by atoms with E-state index in [1.54, 1.807) is 0 Å². The lowest BCUT2D eigenvalue weighted by Gasteiger charge is -2.11. The second kappa shape index (κ2) is 5.09. The van der Waals surface area contributed by atoms with E-state index in [1.165, 1.54) is 5.56 Å². The highest BCUT2D eigenvalue weighted by Crippen LogP contribution is 2.08. The zero-order valence-electron chi connectivity index (χ0n) is 9.02. The second-order valence-electron chi connectivity index (χ2n) is 4.10. The molecule has 4 nitrogen and oxygen atoms in total. The lowest BCUT2D eigenvalue weighted by atomic mass is 10.1. The molecule has 2 rings (SSSR count). The average molecular weight is 220 g/mol. The average Bonchev–Trinajstić information content (AvgIpc) is 2.76. The van der Waals surface area contributed by atoms with Gasteiger partial charge in [-0.3, -0.25) is 4.79 Å². The molecule has 0 spiro atoms. The Bertz CT molecular complexity index is 353. The molecule has 1 saturated heterocycles. The molecule has 1 aliphatic heterocycles. The summed E-state index contributed by atoms with van der Waals surface area (Å²) in [5, 5.41) is 15.2. The van der Waals surface area contributed by atoms with Crippen LogP contribution in [0.5, 0.6) is 0 Å². The van der Waals surface area contributed by atoms with E-state index in [0.29, 0.717) is 6.42 Å². The Morgan fingerprint density at radius 2 is 2.19 bits per heavy atom. The second-order valence-corrected chi connectivity index (χ2v) is 4.10. The number of rotatable bonds is 4. The van der Waals surface area contributed by atoms with E-state index in [1.807, 2.05) is 18.2 Å². The molecule has 0 bridgehead atoms. The van der Waals surface area contributed by atoms with Crippen molar-refractivity contribution in [3.63, 3.8) is 0 Å². The highest BCUT2D eigenvalue weighted by atomic mass is 16.4. The van der Waals surface area contributed by atoms with Gasteiger partial charge in [-0.25, -0.2) is 0 Å². The van der Waals surface area contributed by atoms with Crippen LogP contribution in [0.2, 0.25) is 0 Å². The van der Waals surface area contributed by atoms with Gasteiger partial charge in [-0.2, -0.15) is 0 Å². The Hall–Kier alpha value is -1.39. The molecule has 1 heterocycles. The first kappa shape index (κ1) is 11.1. The van der Waals surface area contributed by atoms with Crippen molar-refractivity contribution in [3.8, 4) is 0 Å². The van der Waals surface area contributed by atoms with Gasteiger partial charge < -0.3 is 15.7 Å². The van der Waals surface area contributed by atoms with Crippen LogP contribution in [0.15, 0.2) is 30.3 Å². The van der Waals surface area contributed by atoms with Gasteiger partial charge in [0.2, 0.25) is 0 Å². The molecular weight excluding hydrogens is 204 g/mol. The topological polar surface area (TPSA) is 61.4 Å². The van der Waals surface area contributed by atoms with E-state index in [0.717, 1.165) is 13.1 Å². The lowest BCUT2D eigenvalue weighted by molar-refractivity contribution is -0.139. The van der Waals surface area contributed by atoms with Crippen LogP contribution in [0.4, 0.5) is 0 Å². The van der Waals surface area contributed by atoms with E-state index in [2.05, 4.69) is 22.8 Å². The number of hydrogen-bond donors (Lipinski definition) is 3. The van der Waals surface area contributed by atoms with Crippen molar-refractivity contribution in [2.24, 2.45) is 0 Å². The fraction of sp³-hybridized carbons (Fsp3) is 0.417. The SMILES string of the molecule is O=C(O)C1CC(NCc2ccccc2)CN1. The van der Waals surface area contributed by atoms with Gasteiger partial charge in [-0.15, -0.1) is 0 Å². The molecule has 1 aromatic rings. The van der Waals surface area contributed by atoms with Crippen molar-refractivity contribution in [2.45, 2.75) is 25.0 Å². The molecule has 16 heavy (non-hydrogen) atoms. The standard InChI is InChI=1S/C12H16N2O2/c15-12(16)11-6-10(8-14-11)13-7-9-4-2-1-3-5-9/h1-5,10-11,13-14H,6-8H2,(H,15,16).